The molecule has 0 radical (unpaired) electrons. The summed E-state index contributed by atoms with van der Waals surface area (Å²) in [6.07, 6.45) is 0.739. The number of carbonyl (C=O) groups is 2. The Bertz CT molecular complexity index is 1110. The van der Waals surface area contributed by atoms with E-state index in [0.29, 0.717) is 24.3 Å². The second-order valence-corrected chi connectivity index (χ2v) is 8.36. The fraction of sp³-hybridized carbons (Fsp3) is 0.200. The van der Waals surface area contributed by atoms with E-state index in [9.17, 15) is 14.7 Å². The van der Waals surface area contributed by atoms with Crippen LogP contribution in [0.5, 0.6) is 5.75 Å². The van der Waals surface area contributed by atoms with Gasteiger partial charge in [0.2, 0.25) is 0 Å². The third kappa shape index (κ3) is 4.25. The molecule has 0 bridgehead atoms. The van der Waals surface area contributed by atoms with E-state index in [0.717, 1.165) is 10.4 Å². The highest BCUT2D eigenvalue weighted by atomic mass is 32.1. The number of benzene rings is 2. The number of aliphatic hydroxyl groups excluding tert-OH is 1. The Labute approximate surface area is 185 Å². The quantitative estimate of drug-likeness (QED) is 0.551. The minimum atomic E-state index is -0.700. The van der Waals surface area contributed by atoms with Crippen LogP contribution in [0.3, 0.4) is 0 Å². The number of ether oxygens (including phenoxy) is 1. The topological polar surface area (TPSA) is 66.8 Å². The molecule has 5 nitrogen and oxygen atoms in total. The van der Waals surface area contributed by atoms with Gasteiger partial charge in [-0.3, -0.25) is 9.59 Å². The number of para-hydroxylation sites is 1. The first-order chi connectivity index (χ1) is 15.1. The van der Waals surface area contributed by atoms with Gasteiger partial charge in [-0.2, -0.15) is 0 Å². The lowest BCUT2D eigenvalue weighted by Crippen LogP contribution is -2.30. The van der Waals surface area contributed by atoms with Crippen LogP contribution in [0.1, 0.15) is 28.5 Å². The average molecular weight is 434 g/mol. The van der Waals surface area contributed by atoms with Crippen molar-refractivity contribution >= 4 is 23.0 Å². The Kier molecular flexibility index (Phi) is 6.18. The van der Waals surface area contributed by atoms with Crippen molar-refractivity contribution in [1.29, 1.82) is 0 Å². The van der Waals surface area contributed by atoms with Crippen LogP contribution >= 0.6 is 11.3 Å². The molecule has 1 N–H and O–H groups in total. The van der Waals surface area contributed by atoms with Crippen LogP contribution in [0.15, 0.2) is 83.4 Å². The van der Waals surface area contributed by atoms with Gasteiger partial charge in [0.1, 0.15) is 5.75 Å². The normalized spacial score (nSPS) is 16.1. The van der Waals surface area contributed by atoms with E-state index in [-0.39, 0.29) is 17.8 Å². The molecule has 2 aromatic carbocycles. The second-order valence-electron chi connectivity index (χ2n) is 7.33. The highest BCUT2D eigenvalue weighted by Gasteiger charge is 2.44. The summed E-state index contributed by atoms with van der Waals surface area (Å²) in [6.45, 7) is 0.304. The Morgan fingerprint density at radius 2 is 1.81 bits per heavy atom. The van der Waals surface area contributed by atoms with Crippen LogP contribution in [0.25, 0.3) is 0 Å². The predicted molar refractivity (Wildman–Crippen MR) is 120 cm³/mol. The average Bonchev–Trinajstić information content (AvgIpc) is 3.40. The smallest absolute Gasteiger partial charge is 0.290 e. The molecule has 0 saturated carbocycles. The van der Waals surface area contributed by atoms with Crippen molar-refractivity contribution in [3.8, 4) is 5.75 Å². The SMILES string of the molecule is COc1ccccc1C1C(C(=O)CCc2ccccc2)=C(O)C(=O)N1Cc1cccs1. The number of rotatable bonds is 8. The van der Waals surface area contributed by atoms with Crippen LogP contribution in [0.2, 0.25) is 0 Å². The van der Waals surface area contributed by atoms with Crippen LogP contribution in [0, 0.1) is 0 Å². The third-order valence-electron chi connectivity index (χ3n) is 5.43. The summed E-state index contributed by atoms with van der Waals surface area (Å²) in [7, 11) is 1.56. The predicted octanol–water partition coefficient (Wildman–Crippen LogP) is 4.85. The minimum absolute atomic E-state index is 0.141. The zero-order chi connectivity index (χ0) is 21.8. The molecule has 2 heterocycles. The summed E-state index contributed by atoms with van der Waals surface area (Å²) < 4.78 is 5.52. The van der Waals surface area contributed by atoms with Gasteiger partial charge in [0, 0.05) is 16.9 Å². The number of aliphatic hydroxyl groups is 1. The summed E-state index contributed by atoms with van der Waals surface area (Å²) >= 11 is 1.53. The van der Waals surface area contributed by atoms with Crippen LogP contribution in [0.4, 0.5) is 0 Å². The van der Waals surface area contributed by atoms with Crippen molar-refractivity contribution < 1.29 is 19.4 Å². The number of hydrogen-bond donors (Lipinski definition) is 1. The number of carbonyl (C=O) groups excluding carboxylic acids is 2. The second kappa shape index (κ2) is 9.18. The summed E-state index contributed by atoms with van der Waals surface area (Å²) in [6, 6.07) is 20.2. The first-order valence-corrected chi connectivity index (χ1v) is 10.9. The zero-order valence-electron chi connectivity index (χ0n) is 17.2. The number of amides is 1. The van der Waals surface area contributed by atoms with E-state index < -0.39 is 17.7 Å². The number of nitrogens with zero attached hydrogens (tertiary/aromatic N) is 1. The van der Waals surface area contributed by atoms with E-state index in [1.807, 2.05) is 66.0 Å². The number of ketones is 1. The Morgan fingerprint density at radius 1 is 1.06 bits per heavy atom. The van der Waals surface area contributed by atoms with Gasteiger partial charge in [-0.15, -0.1) is 11.3 Å². The minimum Gasteiger partial charge on any atom is -0.503 e. The van der Waals surface area contributed by atoms with Gasteiger partial charge in [-0.1, -0.05) is 54.6 Å². The Hall–Kier alpha value is -3.38. The molecule has 1 aliphatic rings. The number of thiophene rings is 1. The number of aryl methyl sites for hydroxylation is 1. The Balaban J connectivity index is 1.70. The number of methoxy groups -OCH3 is 1. The molecule has 0 spiro atoms. The van der Waals surface area contributed by atoms with Crippen LogP contribution < -0.4 is 4.74 Å². The number of Topliss-reactive ketones (excluding diaryl/α,β-unsaturated/α-hetero) is 1. The monoisotopic (exact) mass is 433 g/mol. The van der Waals surface area contributed by atoms with E-state index in [1.165, 1.54) is 11.3 Å². The van der Waals surface area contributed by atoms with Gasteiger partial charge in [0.05, 0.1) is 25.3 Å². The maximum Gasteiger partial charge on any atom is 0.290 e. The molecular formula is C25H23NO4S. The first-order valence-electron chi connectivity index (χ1n) is 10.1. The van der Waals surface area contributed by atoms with Crippen molar-refractivity contribution in [3.63, 3.8) is 0 Å². The highest BCUT2D eigenvalue weighted by Crippen LogP contribution is 2.42. The molecule has 3 aromatic rings. The van der Waals surface area contributed by atoms with E-state index in [4.69, 9.17) is 4.74 Å². The lowest BCUT2D eigenvalue weighted by molar-refractivity contribution is -0.130. The van der Waals surface area contributed by atoms with E-state index in [2.05, 4.69) is 0 Å². The summed E-state index contributed by atoms with van der Waals surface area (Å²) in [5.41, 5.74) is 1.86. The lowest BCUT2D eigenvalue weighted by Gasteiger charge is -2.27. The molecule has 0 fully saturated rings. The van der Waals surface area contributed by atoms with Gasteiger partial charge in [-0.25, -0.2) is 0 Å². The summed E-state index contributed by atoms with van der Waals surface area (Å²) in [4.78, 5) is 28.8. The van der Waals surface area contributed by atoms with Gasteiger partial charge >= 0.3 is 0 Å². The molecule has 4 rings (SSSR count). The summed E-state index contributed by atoms with van der Waals surface area (Å²) in [5, 5.41) is 12.7. The van der Waals surface area contributed by atoms with Gasteiger partial charge in [0.15, 0.2) is 11.5 Å². The van der Waals surface area contributed by atoms with Crippen molar-refractivity contribution in [2.45, 2.75) is 25.4 Å². The Morgan fingerprint density at radius 3 is 2.52 bits per heavy atom. The van der Waals surface area contributed by atoms with Crippen LogP contribution in [-0.4, -0.2) is 28.8 Å². The highest BCUT2D eigenvalue weighted by molar-refractivity contribution is 7.09. The van der Waals surface area contributed by atoms with E-state index in [1.54, 1.807) is 18.1 Å². The first kappa shape index (κ1) is 20.9. The number of hydrogen-bond acceptors (Lipinski definition) is 5. The lowest BCUT2D eigenvalue weighted by atomic mass is 9.92. The van der Waals surface area contributed by atoms with Gasteiger partial charge < -0.3 is 14.7 Å². The molecule has 0 aliphatic carbocycles. The molecule has 31 heavy (non-hydrogen) atoms. The largest absolute Gasteiger partial charge is 0.503 e. The maximum absolute atomic E-state index is 13.3. The van der Waals surface area contributed by atoms with Gasteiger partial charge in [0.25, 0.3) is 5.91 Å². The van der Waals surface area contributed by atoms with Gasteiger partial charge in [-0.05, 0) is 29.5 Å². The van der Waals surface area contributed by atoms with Crippen molar-refractivity contribution in [1.82, 2.24) is 4.90 Å². The molecule has 1 amide bonds. The standard InChI is InChI=1S/C25H23NO4S/c1-30-21-12-6-5-11-19(21)23-22(20(27)14-13-17-8-3-2-4-9-17)24(28)25(29)26(23)16-18-10-7-15-31-18/h2-12,15,23,28H,13-14,16H2,1H3. The maximum atomic E-state index is 13.3. The molecule has 1 unspecified atom stereocenters. The van der Waals surface area contributed by atoms with Crippen molar-refractivity contribution in [3.05, 3.63) is 99.4 Å². The summed E-state index contributed by atoms with van der Waals surface area (Å²) in [5.74, 6) is -0.670. The molecule has 0 saturated heterocycles. The fourth-order valence-electron chi connectivity index (χ4n) is 3.92. The molecule has 158 valence electrons. The van der Waals surface area contributed by atoms with Crippen molar-refractivity contribution in [2.24, 2.45) is 0 Å². The van der Waals surface area contributed by atoms with E-state index >= 15 is 0 Å². The molecule has 6 heteroatoms. The zero-order valence-corrected chi connectivity index (χ0v) is 18.0. The third-order valence-corrected chi connectivity index (χ3v) is 6.29. The molecular weight excluding hydrogens is 410 g/mol. The fourth-order valence-corrected chi connectivity index (χ4v) is 4.63. The molecule has 1 aromatic heterocycles. The molecule has 1 atom stereocenters. The van der Waals surface area contributed by atoms with Crippen LogP contribution in [-0.2, 0) is 22.6 Å². The van der Waals surface area contributed by atoms with Crippen molar-refractivity contribution in [2.75, 3.05) is 7.11 Å². The molecule has 1 aliphatic heterocycles.